The van der Waals surface area contributed by atoms with Crippen LogP contribution in [0.25, 0.3) is 0 Å². The van der Waals surface area contributed by atoms with Gasteiger partial charge >= 0.3 is 0 Å². The third-order valence-electron chi connectivity index (χ3n) is 2.21. The van der Waals surface area contributed by atoms with Gasteiger partial charge in [0.15, 0.2) is 0 Å². The maximum Gasteiger partial charge on any atom is 0.142 e. The molecule has 3 rings (SSSR count). The zero-order valence-corrected chi connectivity index (χ0v) is 10.1. The third-order valence-corrected chi connectivity index (χ3v) is 4.32. The molecule has 0 fully saturated rings. The Bertz CT molecular complexity index is 525. The van der Waals surface area contributed by atoms with Gasteiger partial charge < -0.3 is 4.74 Å². The SMILES string of the molecule is Brc1cccc2c1Sc1ccccc1O2. The molecule has 15 heavy (non-hydrogen) atoms. The highest BCUT2D eigenvalue weighted by molar-refractivity contribution is 9.10. The lowest BCUT2D eigenvalue weighted by Gasteiger charge is -2.19. The molecule has 1 nitrogen and oxygen atoms in total. The molecule has 0 N–H and O–H groups in total. The normalized spacial score (nSPS) is 12.6. The van der Waals surface area contributed by atoms with Crippen molar-refractivity contribution in [3.8, 4) is 11.5 Å². The minimum atomic E-state index is 0.924. The van der Waals surface area contributed by atoms with Crippen molar-refractivity contribution < 1.29 is 4.74 Å². The zero-order valence-electron chi connectivity index (χ0n) is 7.74. The predicted octanol–water partition coefficient (Wildman–Crippen LogP) is 4.71. The van der Waals surface area contributed by atoms with Gasteiger partial charge in [-0.1, -0.05) is 30.0 Å². The second-order valence-corrected chi connectivity index (χ2v) is 5.12. The van der Waals surface area contributed by atoms with Crippen molar-refractivity contribution in [3.63, 3.8) is 0 Å². The van der Waals surface area contributed by atoms with Gasteiger partial charge in [-0.15, -0.1) is 0 Å². The lowest BCUT2D eigenvalue weighted by molar-refractivity contribution is 0.454. The van der Waals surface area contributed by atoms with Gasteiger partial charge in [-0.25, -0.2) is 0 Å². The number of hydrogen-bond acceptors (Lipinski definition) is 2. The molecule has 0 saturated carbocycles. The van der Waals surface area contributed by atoms with Gasteiger partial charge in [-0.3, -0.25) is 0 Å². The molecule has 1 aliphatic heterocycles. The molecule has 0 radical (unpaired) electrons. The molecule has 0 saturated heterocycles. The second kappa shape index (κ2) is 3.58. The van der Waals surface area contributed by atoms with Gasteiger partial charge in [-0.2, -0.15) is 0 Å². The Labute approximate surface area is 101 Å². The van der Waals surface area contributed by atoms with E-state index in [4.69, 9.17) is 4.74 Å². The van der Waals surface area contributed by atoms with Crippen LogP contribution in [0.3, 0.4) is 0 Å². The van der Waals surface area contributed by atoms with E-state index in [2.05, 4.69) is 22.0 Å². The van der Waals surface area contributed by atoms with Crippen LogP contribution in [0.4, 0.5) is 0 Å². The van der Waals surface area contributed by atoms with E-state index >= 15 is 0 Å². The highest BCUT2D eigenvalue weighted by atomic mass is 79.9. The van der Waals surface area contributed by atoms with Crippen LogP contribution >= 0.6 is 27.7 Å². The van der Waals surface area contributed by atoms with Crippen LogP contribution in [0.15, 0.2) is 56.7 Å². The van der Waals surface area contributed by atoms with Crippen molar-refractivity contribution in [1.82, 2.24) is 0 Å². The van der Waals surface area contributed by atoms with E-state index < -0.39 is 0 Å². The van der Waals surface area contributed by atoms with Gasteiger partial charge in [0.1, 0.15) is 11.5 Å². The van der Waals surface area contributed by atoms with Crippen LogP contribution in [-0.2, 0) is 0 Å². The molecule has 0 amide bonds. The van der Waals surface area contributed by atoms with E-state index in [0.717, 1.165) is 25.8 Å². The summed E-state index contributed by atoms with van der Waals surface area (Å²) in [5, 5.41) is 0. The summed E-state index contributed by atoms with van der Waals surface area (Å²) in [5.74, 6) is 1.86. The van der Waals surface area contributed by atoms with Crippen molar-refractivity contribution in [1.29, 1.82) is 0 Å². The largest absolute Gasteiger partial charge is 0.455 e. The summed E-state index contributed by atoms with van der Waals surface area (Å²) in [5.41, 5.74) is 0. The van der Waals surface area contributed by atoms with E-state index in [9.17, 15) is 0 Å². The molecule has 0 aromatic heterocycles. The highest BCUT2D eigenvalue weighted by Gasteiger charge is 2.18. The first-order valence-electron chi connectivity index (χ1n) is 4.58. The summed E-state index contributed by atoms with van der Waals surface area (Å²) >= 11 is 5.27. The van der Waals surface area contributed by atoms with Crippen LogP contribution in [0.5, 0.6) is 11.5 Å². The minimum Gasteiger partial charge on any atom is -0.455 e. The van der Waals surface area contributed by atoms with E-state index in [1.807, 2.05) is 36.4 Å². The van der Waals surface area contributed by atoms with E-state index in [-0.39, 0.29) is 0 Å². The van der Waals surface area contributed by atoms with E-state index in [1.54, 1.807) is 11.8 Å². The Balaban J connectivity index is 2.15. The Morgan fingerprint density at radius 1 is 0.933 bits per heavy atom. The van der Waals surface area contributed by atoms with Crippen LogP contribution in [0, 0.1) is 0 Å². The first-order valence-corrected chi connectivity index (χ1v) is 6.19. The van der Waals surface area contributed by atoms with Gasteiger partial charge in [0, 0.05) is 4.47 Å². The van der Waals surface area contributed by atoms with Gasteiger partial charge in [0.2, 0.25) is 0 Å². The maximum atomic E-state index is 5.81. The molecule has 3 heteroatoms. The highest BCUT2D eigenvalue weighted by Crippen LogP contribution is 2.49. The topological polar surface area (TPSA) is 9.23 Å². The first kappa shape index (κ1) is 9.31. The molecule has 2 aromatic rings. The van der Waals surface area contributed by atoms with Crippen LogP contribution in [-0.4, -0.2) is 0 Å². The number of halogens is 1. The van der Waals surface area contributed by atoms with Crippen molar-refractivity contribution in [3.05, 3.63) is 46.9 Å². The Kier molecular flexibility index (Phi) is 2.22. The second-order valence-electron chi connectivity index (χ2n) is 3.22. The molecule has 0 spiro atoms. The quantitative estimate of drug-likeness (QED) is 0.589. The van der Waals surface area contributed by atoms with E-state index in [0.29, 0.717) is 0 Å². The number of benzene rings is 2. The fraction of sp³-hybridized carbons (Fsp3) is 0. The number of rotatable bonds is 0. The Morgan fingerprint density at radius 2 is 1.73 bits per heavy atom. The molecule has 1 aliphatic rings. The minimum absolute atomic E-state index is 0.924. The Hall–Kier alpha value is -0.930. The van der Waals surface area contributed by atoms with E-state index in [1.165, 1.54) is 0 Å². The van der Waals surface area contributed by atoms with Crippen molar-refractivity contribution >= 4 is 27.7 Å². The lowest BCUT2D eigenvalue weighted by atomic mass is 10.3. The van der Waals surface area contributed by atoms with Crippen LogP contribution in [0.2, 0.25) is 0 Å². The summed E-state index contributed by atoms with van der Waals surface area (Å²) in [4.78, 5) is 2.31. The summed E-state index contributed by atoms with van der Waals surface area (Å²) in [6.07, 6.45) is 0. The molecular weight excluding hydrogens is 272 g/mol. The average molecular weight is 279 g/mol. The van der Waals surface area contributed by atoms with Crippen LogP contribution in [0.1, 0.15) is 0 Å². The summed E-state index contributed by atoms with van der Waals surface area (Å²) in [6, 6.07) is 14.1. The van der Waals surface area contributed by atoms with Gasteiger partial charge in [0.25, 0.3) is 0 Å². The first-order chi connectivity index (χ1) is 7.34. The van der Waals surface area contributed by atoms with Crippen molar-refractivity contribution in [2.45, 2.75) is 9.79 Å². The fourth-order valence-electron chi connectivity index (χ4n) is 1.52. The smallest absolute Gasteiger partial charge is 0.142 e. The standard InChI is InChI=1S/C12H7BrOS/c13-8-4-3-6-10-12(8)15-11-7-2-1-5-9(11)14-10/h1-7H. The molecule has 2 aromatic carbocycles. The average Bonchev–Trinajstić information content (AvgIpc) is 2.27. The van der Waals surface area contributed by atoms with Crippen molar-refractivity contribution in [2.75, 3.05) is 0 Å². The number of hydrogen-bond donors (Lipinski definition) is 0. The molecule has 0 bridgehead atoms. The molecule has 1 heterocycles. The lowest BCUT2D eigenvalue weighted by Crippen LogP contribution is -1.94. The van der Waals surface area contributed by atoms with Crippen LogP contribution < -0.4 is 4.74 Å². The Morgan fingerprint density at radius 3 is 2.67 bits per heavy atom. The fourth-order valence-corrected chi connectivity index (χ4v) is 3.06. The molecule has 0 atom stereocenters. The summed E-state index contributed by atoms with van der Waals surface area (Å²) in [7, 11) is 0. The zero-order chi connectivity index (χ0) is 10.3. The number of ether oxygens (including phenoxy) is 1. The number of fused-ring (bicyclic) bond motifs is 2. The summed E-state index contributed by atoms with van der Waals surface area (Å²) in [6.45, 7) is 0. The predicted molar refractivity (Wildman–Crippen MR) is 64.8 cm³/mol. The van der Waals surface area contributed by atoms with Gasteiger partial charge in [-0.05, 0) is 40.2 Å². The molecular formula is C12H7BrOS. The molecule has 74 valence electrons. The number of para-hydroxylation sites is 1. The molecule has 0 unspecified atom stereocenters. The van der Waals surface area contributed by atoms with Gasteiger partial charge in [0.05, 0.1) is 9.79 Å². The molecule has 0 aliphatic carbocycles. The maximum absolute atomic E-state index is 5.81. The summed E-state index contributed by atoms with van der Waals surface area (Å²) < 4.78 is 6.89. The van der Waals surface area contributed by atoms with Crippen molar-refractivity contribution in [2.24, 2.45) is 0 Å². The third kappa shape index (κ3) is 1.56. The monoisotopic (exact) mass is 278 g/mol.